The van der Waals surface area contributed by atoms with Crippen LogP contribution in [0.3, 0.4) is 0 Å². The van der Waals surface area contributed by atoms with Gasteiger partial charge in [-0.05, 0) is 47.9 Å². The molecule has 0 aliphatic heterocycles. The fourth-order valence-electron chi connectivity index (χ4n) is 2.62. The predicted octanol–water partition coefficient (Wildman–Crippen LogP) is 5.46. The molecular formula is C24H23NO2. The summed E-state index contributed by atoms with van der Waals surface area (Å²) in [4.78, 5) is 0. The molecule has 0 atom stereocenters. The van der Waals surface area contributed by atoms with E-state index >= 15 is 0 Å². The van der Waals surface area contributed by atoms with Crippen LogP contribution in [0.15, 0.2) is 78.9 Å². The molecule has 3 nitrogen and oxygen atoms in total. The van der Waals surface area contributed by atoms with Gasteiger partial charge in [0.1, 0.15) is 11.5 Å². The van der Waals surface area contributed by atoms with E-state index in [1.165, 1.54) is 11.5 Å². The van der Waals surface area contributed by atoms with Crippen LogP contribution in [0.4, 0.5) is 0 Å². The van der Waals surface area contributed by atoms with E-state index in [-0.39, 0.29) is 0 Å². The molecule has 0 fully saturated rings. The molecule has 136 valence electrons. The van der Waals surface area contributed by atoms with E-state index in [4.69, 9.17) is 14.7 Å². The van der Waals surface area contributed by atoms with Crippen LogP contribution in [0, 0.1) is 24.2 Å². The van der Waals surface area contributed by atoms with Crippen molar-refractivity contribution in [2.24, 2.45) is 0 Å². The van der Waals surface area contributed by atoms with Gasteiger partial charge >= 0.3 is 0 Å². The second kappa shape index (κ2) is 10.7. The number of hydrogen-bond donors (Lipinski definition) is 0. The van der Waals surface area contributed by atoms with Crippen LogP contribution >= 0.6 is 0 Å². The van der Waals surface area contributed by atoms with Gasteiger partial charge < -0.3 is 9.47 Å². The maximum Gasteiger partial charge on any atom is 0.118 e. The Hall–Kier alpha value is -3.25. The lowest BCUT2D eigenvalue weighted by atomic mass is 9.85. The molecule has 0 saturated heterocycles. The number of rotatable bonds is 5. The van der Waals surface area contributed by atoms with Crippen LogP contribution in [0.1, 0.15) is 23.1 Å². The Morgan fingerprint density at radius 3 is 1.44 bits per heavy atom. The lowest BCUT2D eigenvalue weighted by molar-refractivity contribution is 0.414. The molecule has 0 aliphatic rings. The zero-order chi connectivity index (χ0) is 19.5. The van der Waals surface area contributed by atoms with Gasteiger partial charge in [-0.2, -0.15) is 5.26 Å². The van der Waals surface area contributed by atoms with Crippen LogP contribution in [0.5, 0.6) is 11.5 Å². The van der Waals surface area contributed by atoms with Crippen LogP contribution in [-0.4, -0.2) is 14.2 Å². The number of hydrogen-bond acceptors (Lipinski definition) is 3. The SMILES string of the molecule is COc1ccc([C](c2ccccc2)c2ccc(OC)cc2)cc1.[CH2]CC#N. The molecule has 0 heterocycles. The number of ether oxygens (including phenoxy) is 2. The van der Waals surface area contributed by atoms with Gasteiger partial charge in [0, 0.05) is 6.42 Å². The first-order valence-electron chi connectivity index (χ1n) is 8.61. The molecule has 0 bridgehead atoms. The van der Waals surface area contributed by atoms with Gasteiger partial charge in [-0.25, -0.2) is 0 Å². The van der Waals surface area contributed by atoms with Gasteiger partial charge in [0.05, 0.1) is 26.2 Å². The number of methoxy groups -OCH3 is 2. The second-order valence-corrected chi connectivity index (χ2v) is 5.61. The Kier molecular flexibility index (Phi) is 7.93. The molecule has 3 aromatic rings. The fourth-order valence-corrected chi connectivity index (χ4v) is 2.62. The zero-order valence-corrected chi connectivity index (χ0v) is 15.7. The van der Waals surface area contributed by atoms with Crippen molar-refractivity contribution >= 4 is 0 Å². The van der Waals surface area contributed by atoms with Crippen molar-refractivity contribution in [2.75, 3.05) is 14.2 Å². The maximum atomic E-state index is 7.56. The minimum atomic E-state index is 0.375. The quantitative estimate of drug-likeness (QED) is 0.570. The molecule has 0 saturated carbocycles. The summed E-state index contributed by atoms with van der Waals surface area (Å²) >= 11 is 0. The highest BCUT2D eigenvalue weighted by molar-refractivity contribution is 5.58. The average Bonchev–Trinajstić information content (AvgIpc) is 2.76. The maximum absolute atomic E-state index is 7.56. The van der Waals surface area contributed by atoms with Crippen molar-refractivity contribution in [3.8, 4) is 17.6 Å². The highest BCUT2D eigenvalue weighted by Crippen LogP contribution is 2.32. The molecule has 27 heavy (non-hydrogen) atoms. The Morgan fingerprint density at radius 2 is 1.11 bits per heavy atom. The Balaban J connectivity index is 0.000000596. The lowest BCUT2D eigenvalue weighted by Gasteiger charge is -2.18. The van der Waals surface area contributed by atoms with E-state index in [0.29, 0.717) is 6.42 Å². The summed E-state index contributed by atoms with van der Waals surface area (Å²) in [6, 6.07) is 28.5. The number of benzene rings is 3. The normalized spacial score (nSPS) is 9.74. The average molecular weight is 357 g/mol. The largest absolute Gasteiger partial charge is 0.497 e. The van der Waals surface area contributed by atoms with Gasteiger partial charge in [-0.15, -0.1) is 0 Å². The molecule has 2 radical (unpaired) electrons. The molecular weight excluding hydrogens is 334 g/mol. The van der Waals surface area contributed by atoms with Crippen molar-refractivity contribution in [1.29, 1.82) is 5.26 Å². The van der Waals surface area contributed by atoms with E-state index in [0.717, 1.165) is 22.6 Å². The Bertz CT molecular complexity index is 787. The minimum absolute atomic E-state index is 0.375. The van der Waals surface area contributed by atoms with E-state index in [2.05, 4.69) is 55.5 Å². The van der Waals surface area contributed by atoms with Gasteiger partial charge in [-0.3, -0.25) is 0 Å². The first-order chi connectivity index (χ1) is 13.2. The van der Waals surface area contributed by atoms with Crippen molar-refractivity contribution < 1.29 is 9.47 Å². The van der Waals surface area contributed by atoms with E-state index in [1.807, 2.05) is 36.4 Å². The van der Waals surface area contributed by atoms with E-state index in [1.54, 1.807) is 14.2 Å². The summed E-state index contributed by atoms with van der Waals surface area (Å²) < 4.78 is 10.5. The molecule has 0 aliphatic carbocycles. The molecule has 0 aromatic heterocycles. The number of nitrogens with zero attached hydrogens (tertiary/aromatic N) is 1. The van der Waals surface area contributed by atoms with Gasteiger partial charge in [-0.1, -0.05) is 54.6 Å². The Morgan fingerprint density at radius 1 is 0.741 bits per heavy atom. The topological polar surface area (TPSA) is 42.2 Å². The molecule has 3 rings (SSSR count). The molecule has 0 amide bonds. The summed E-state index contributed by atoms with van der Waals surface area (Å²) in [6.45, 7) is 3.24. The fraction of sp³-hybridized carbons (Fsp3) is 0.125. The standard InChI is InChI=1S/C21H19O2.C3H4N/c1-22-19-12-8-17(9-13-19)21(16-6-4-3-5-7-16)18-10-14-20(23-2)15-11-18;1-2-3-4/h3-15H,1-2H3;1-2H2. The van der Waals surface area contributed by atoms with Crippen molar-refractivity contribution in [1.82, 2.24) is 0 Å². The van der Waals surface area contributed by atoms with Gasteiger partial charge in [0.15, 0.2) is 0 Å². The van der Waals surface area contributed by atoms with E-state index < -0.39 is 0 Å². The van der Waals surface area contributed by atoms with Crippen LogP contribution in [0.25, 0.3) is 0 Å². The highest BCUT2D eigenvalue weighted by atomic mass is 16.5. The smallest absolute Gasteiger partial charge is 0.118 e. The zero-order valence-electron chi connectivity index (χ0n) is 15.7. The van der Waals surface area contributed by atoms with Crippen LogP contribution in [0.2, 0.25) is 0 Å². The third kappa shape index (κ3) is 5.62. The van der Waals surface area contributed by atoms with E-state index in [9.17, 15) is 0 Å². The van der Waals surface area contributed by atoms with Crippen molar-refractivity contribution in [2.45, 2.75) is 6.42 Å². The first kappa shape index (κ1) is 20.1. The third-order valence-electron chi connectivity index (χ3n) is 3.93. The summed E-state index contributed by atoms with van der Waals surface area (Å²) in [5.74, 6) is 2.91. The Labute approximate surface area is 161 Å². The van der Waals surface area contributed by atoms with Crippen LogP contribution < -0.4 is 9.47 Å². The van der Waals surface area contributed by atoms with Crippen molar-refractivity contribution in [3.05, 3.63) is 108 Å². The number of nitriles is 1. The minimum Gasteiger partial charge on any atom is -0.497 e. The first-order valence-corrected chi connectivity index (χ1v) is 8.61. The monoisotopic (exact) mass is 357 g/mol. The summed E-state index contributed by atoms with van der Waals surface area (Å²) in [6.07, 6.45) is 0.375. The van der Waals surface area contributed by atoms with Gasteiger partial charge in [0.2, 0.25) is 0 Å². The highest BCUT2D eigenvalue weighted by Gasteiger charge is 2.17. The third-order valence-corrected chi connectivity index (χ3v) is 3.93. The predicted molar refractivity (Wildman–Crippen MR) is 109 cm³/mol. The van der Waals surface area contributed by atoms with Crippen LogP contribution in [-0.2, 0) is 0 Å². The second-order valence-electron chi connectivity index (χ2n) is 5.61. The lowest BCUT2D eigenvalue weighted by Crippen LogP contribution is -2.04. The molecule has 0 unspecified atom stereocenters. The molecule has 3 heteroatoms. The van der Waals surface area contributed by atoms with Gasteiger partial charge in [0.25, 0.3) is 0 Å². The summed E-state index contributed by atoms with van der Waals surface area (Å²) in [5, 5.41) is 7.56. The molecule has 0 spiro atoms. The summed E-state index contributed by atoms with van der Waals surface area (Å²) in [5.41, 5.74) is 3.49. The molecule has 3 aromatic carbocycles. The summed E-state index contributed by atoms with van der Waals surface area (Å²) in [7, 11) is 3.36. The van der Waals surface area contributed by atoms with Crippen molar-refractivity contribution in [3.63, 3.8) is 0 Å². The molecule has 0 N–H and O–H groups in total.